The van der Waals surface area contributed by atoms with Crippen LogP contribution in [-0.2, 0) is 44.9 Å². The minimum Gasteiger partial charge on any atom is -0.494 e. The summed E-state index contributed by atoms with van der Waals surface area (Å²) in [5.74, 6) is 2.55. The maximum absolute atomic E-state index is 12.9. The molecule has 4 aromatic rings. The third-order valence-corrected chi connectivity index (χ3v) is 10.8. The number of hydrogen-bond acceptors (Lipinski definition) is 10. The molecule has 294 valence electrons. The van der Waals surface area contributed by atoms with Crippen molar-refractivity contribution in [3.8, 4) is 45.8 Å². The van der Waals surface area contributed by atoms with Gasteiger partial charge in [-0.05, 0) is 104 Å². The van der Waals surface area contributed by atoms with Crippen LogP contribution in [0.3, 0.4) is 0 Å². The van der Waals surface area contributed by atoms with Gasteiger partial charge in [-0.2, -0.15) is 0 Å². The molecule has 0 bridgehead atoms. The van der Waals surface area contributed by atoms with E-state index in [4.69, 9.17) is 39.3 Å². The molecule has 2 atom stereocenters. The fourth-order valence-corrected chi connectivity index (χ4v) is 8.07. The van der Waals surface area contributed by atoms with Gasteiger partial charge in [-0.3, -0.25) is 9.59 Å². The molecule has 0 aliphatic carbocycles. The van der Waals surface area contributed by atoms with Crippen LogP contribution in [0.2, 0.25) is 0 Å². The van der Waals surface area contributed by atoms with Crippen molar-refractivity contribution in [3.63, 3.8) is 0 Å². The van der Waals surface area contributed by atoms with E-state index in [9.17, 15) is 9.59 Å². The number of nitrogens with zero attached hydrogens (tertiary/aromatic N) is 2. The SMILES string of the molecule is CCOc1ccc2c(c1)CCn1c(OC[C@@H]3COCCO3)c(Br)c(=O)c(C)c1-2.[2H]c1c(OC[C@@H]2COCCO2)n2c(c(C)c1=O)-c1ccc(OCC)cc1CC2. The largest absolute Gasteiger partial charge is 0.494 e. The van der Waals surface area contributed by atoms with Gasteiger partial charge in [-0.15, -0.1) is 0 Å². The minimum absolute atomic E-state index is 0.0520. The quantitative estimate of drug-likeness (QED) is 0.191. The predicted molar refractivity (Wildman–Crippen MR) is 211 cm³/mol. The smallest absolute Gasteiger partial charge is 0.212 e. The Balaban J connectivity index is 0.000000172. The average molecular weight is 823 g/mol. The van der Waals surface area contributed by atoms with E-state index in [1.807, 2.05) is 55.7 Å². The zero-order valence-corrected chi connectivity index (χ0v) is 33.5. The average Bonchev–Trinajstić information content (AvgIpc) is 3.22. The molecule has 4 aliphatic heterocycles. The minimum atomic E-state index is -0.302. The van der Waals surface area contributed by atoms with Crippen LogP contribution < -0.4 is 29.8 Å². The molecule has 0 spiro atoms. The monoisotopic (exact) mass is 821 g/mol. The van der Waals surface area contributed by atoms with Gasteiger partial charge in [-0.1, -0.05) is 0 Å². The van der Waals surface area contributed by atoms with E-state index in [0.717, 1.165) is 59.0 Å². The number of halogens is 1. The van der Waals surface area contributed by atoms with Crippen molar-refractivity contribution in [3.05, 3.63) is 89.6 Å². The summed E-state index contributed by atoms with van der Waals surface area (Å²) in [7, 11) is 0. The molecule has 0 unspecified atom stereocenters. The van der Waals surface area contributed by atoms with Gasteiger partial charge < -0.3 is 47.0 Å². The number of hydrogen-bond donors (Lipinski definition) is 0. The lowest BCUT2D eigenvalue weighted by molar-refractivity contribution is -0.102. The Labute approximate surface area is 330 Å². The Morgan fingerprint density at radius 3 is 1.84 bits per heavy atom. The van der Waals surface area contributed by atoms with Crippen LogP contribution in [0.5, 0.6) is 23.3 Å². The molecule has 2 fully saturated rings. The van der Waals surface area contributed by atoms with E-state index in [1.54, 1.807) is 6.92 Å². The van der Waals surface area contributed by atoms with Gasteiger partial charge in [0.1, 0.15) is 41.4 Å². The summed E-state index contributed by atoms with van der Waals surface area (Å²) in [6, 6.07) is 11.9. The molecule has 4 aliphatic rings. The highest BCUT2D eigenvalue weighted by Gasteiger charge is 2.27. The summed E-state index contributed by atoms with van der Waals surface area (Å²) in [6.45, 7) is 14.0. The number of benzene rings is 2. The summed E-state index contributed by atoms with van der Waals surface area (Å²) >= 11 is 3.46. The van der Waals surface area contributed by atoms with Crippen molar-refractivity contribution in [1.82, 2.24) is 9.13 Å². The Kier molecular flexibility index (Phi) is 12.2. The Morgan fingerprint density at radius 2 is 1.29 bits per heavy atom. The van der Waals surface area contributed by atoms with Gasteiger partial charge in [0.2, 0.25) is 11.3 Å². The first-order valence-electron chi connectivity index (χ1n) is 19.5. The first-order valence-corrected chi connectivity index (χ1v) is 19.8. The van der Waals surface area contributed by atoms with Crippen molar-refractivity contribution in [2.45, 2.75) is 65.8 Å². The first kappa shape index (κ1) is 37.8. The molecule has 12 nitrogen and oxygen atoms in total. The van der Waals surface area contributed by atoms with Crippen LogP contribution in [0.25, 0.3) is 22.5 Å². The molecular weight excluding hydrogens is 772 g/mol. The lowest BCUT2D eigenvalue weighted by Crippen LogP contribution is -2.34. The van der Waals surface area contributed by atoms with Crippen LogP contribution in [0.1, 0.15) is 37.5 Å². The predicted octanol–water partition coefficient (Wildman–Crippen LogP) is 5.91. The molecule has 0 amide bonds. The van der Waals surface area contributed by atoms with E-state index in [1.165, 1.54) is 5.56 Å². The van der Waals surface area contributed by atoms with Crippen molar-refractivity contribution >= 4 is 15.9 Å². The highest BCUT2D eigenvalue weighted by molar-refractivity contribution is 9.10. The van der Waals surface area contributed by atoms with E-state index < -0.39 is 0 Å². The topological polar surface area (TPSA) is 118 Å². The molecule has 2 saturated heterocycles. The Hall–Kier alpha value is -4.14. The third-order valence-electron chi connectivity index (χ3n) is 10.1. The molecule has 0 N–H and O–H groups in total. The van der Waals surface area contributed by atoms with Crippen LogP contribution in [0, 0.1) is 13.8 Å². The molecule has 13 heteroatoms. The highest BCUT2D eigenvalue weighted by atomic mass is 79.9. The zero-order chi connectivity index (χ0) is 39.3. The van der Waals surface area contributed by atoms with Crippen LogP contribution >= 0.6 is 15.9 Å². The fourth-order valence-electron chi connectivity index (χ4n) is 7.44. The van der Waals surface area contributed by atoms with Gasteiger partial charge in [0.05, 0.1) is 65.6 Å². The Bertz CT molecular complexity index is 2020. The van der Waals surface area contributed by atoms with Crippen molar-refractivity contribution < 1.29 is 39.3 Å². The standard InChI is InChI=1S/C21H24BrNO5.C21H25NO5/c1-3-26-15-4-5-17-14(10-15)6-7-23-19(17)13(2)20(24)18(22)21(23)28-12-16-11-25-8-9-27-16;1-3-25-16-4-5-18-15(10-16)6-7-22-20(11-19(23)14(2)21(18)22)27-13-17-12-24-8-9-26-17/h4-5,10,16H,3,6-9,11-12H2,1-2H3;4-5,10-11,17H,3,6-9,12-13H2,1-2H3/t16-;17-/m00/s1/i;11D. The molecule has 2 aromatic carbocycles. The van der Waals surface area contributed by atoms with E-state index in [-0.39, 0.29) is 35.7 Å². The van der Waals surface area contributed by atoms with Gasteiger partial charge in [0.15, 0.2) is 11.3 Å². The van der Waals surface area contributed by atoms with Gasteiger partial charge in [0, 0.05) is 41.4 Å². The normalized spacial score (nSPS) is 18.7. The van der Waals surface area contributed by atoms with Gasteiger partial charge in [-0.25, -0.2) is 0 Å². The maximum atomic E-state index is 12.9. The summed E-state index contributed by atoms with van der Waals surface area (Å²) in [6.07, 6.45) is 1.31. The zero-order valence-electron chi connectivity index (χ0n) is 32.9. The summed E-state index contributed by atoms with van der Waals surface area (Å²) in [5.41, 5.74) is 7.03. The maximum Gasteiger partial charge on any atom is 0.212 e. The van der Waals surface area contributed by atoms with Gasteiger partial charge >= 0.3 is 0 Å². The second-order valence-electron chi connectivity index (χ2n) is 13.7. The van der Waals surface area contributed by atoms with Crippen LogP contribution in [0.15, 0.2) is 56.5 Å². The number of aryl methyl sites for hydroxylation is 2. The molecule has 55 heavy (non-hydrogen) atoms. The summed E-state index contributed by atoms with van der Waals surface area (Å²) in [4.78, 5) is 25.6. The van der Waals surface area contributed by atoms with Crippen LogP contribution in [-0.4, -0.2) is 87.4 Å². The summed E-state index contributed by atoms with van der Waals surface area (Å²) in [5, 5.41) is 0. The third kappa shape index (κ3) is 8.51. The van der Waals surface area contributed by atoms with Crippen molar-refractivity contribution in [2.75, 3.05) is 66.1 Å². The van der Waals surface area contributed by atoms with Crippen LogP contribution in [0.4, 0.5) is 0 Å². The van der Waals surface area contributed by atoms with E-state index in [0.29, 0.717) is 93.4 Å². The number of ether oxygens (including phenoxy) is 8. The van der Waals surface area contributed by atoms with E-state index >= 15 is 0 Å². The molecule has 8 rings (SSSR count). The number of rotatable bonds is 10. The highest BCUT2D eigenvalue weighted by Crippen LogP contribution is 2.39. The van der Waals surface area contributed by atoms with Gasteiger partial charge in [0.25, 0.3) is 0 Å². The Morgan fingerprint density at radius 1 is 0.745 bits per heavy atom. The second-order valence-corrected chi connectivity index (χ2v) is 14.5. The van der Waals surface area contributed by atoms with Crippen molar-refractivity contribution in [1.29, 1.82) is 0 Å². The molecule has 2 aromatic heterocycles. The summed E-state index contributed by atoms with van der Waals surface area (Å²) < 4.78 is 58.2. The van der Waals surface area contributed by atoms with E-state index in [2.05, 4.69) is 26.6 Å². The second kappa shape index (κ2) is 17.8. The number of pyridine rings is 2. The molecule has 0 radical (unpaired) electrons. The van der Waals surface area contributed by atoms with Crippen molar-refractivity contribution in [2.24, 2.45) is 0 Å². The number of aromatic nitrogens is 2. The molecule has 0 saturated carbocycles. The molecule has 6 heterocycles. The molecular formula is C42H49BrN2O10. The lowest BCUT2D eigenvalue weighted by atomic mass is 9.94. The first-order chi connectivity index (χ1) is 27.2. The number of fused-ring (bicyclic) bond motifs is 6. The fraction of sp³-hybridized carbons (Fsp3) is 0.476. The lowest BCUT2D eigenvalue weighted by Gasteiger charge is -2.29.